The van der Waals surface area contributed by atoms with Gasteiger partial charge in [-0.3, -0.25) is 9.59 Å². The summed E-state index contributed by atoms with van der Waals surface area (Å²) >= 11 is 0. The van der Waals surface area contributed by atoms with Crippen LogP contribution < -0.4 is 16.1 Å². The fraction of sp³-hybridized carbons (Fsp3) is 0.500. The van der Waals surface area contributed by atoms with Crippen molar-refractivity contribution in [3.8, 4) is 0 Å². The second kappa shape index (κ2) is 5.63. The van der Waals surface area contributed by atoms with E-state index in [0.717, 1.165) is 13.0 Å². The Morgan fingerprint density at radius 1 is 1.41 bits per heavy atom. The minimum Gasteiger partial charge on any atom is -0.367 e. The van der Waals surface area contributed by atoms with E-state index < -0.39 is 0 Å². The van der Waals surface area contributed by atoms with Crippen LogP contribution in [0.5, 0.6) is 0 Å². The summed E-state index contributed by atoms with van der Waals surface area (Å²) in [4.78, 5) is 25.7. The van der Waals surface area contributed by atoms with Crippen LogP contribution in [0.1, 0.15) is 29.6 Å². The Hall–Kier alpha value is -1.62. The maximum absolute atomic E-state index is 11.6. The van der Waals surface area contributed by atoms with Crippen molar-refractivity contribution in [2.24, 2.45) is 0 Å². The summed E-state index contributed by atoms with van der Waals surface area (Å²) in [5.74, 6) is -0.307. The predicted molar refractivity (Wildman–Crippen MR) is 65.0 cm³/mol. The molecule has 0 aromatic carbocycles. The van der Waals surface area contributed by atoms with Crippen molar-refractivity contribution in [2.45, 2.75) is 25.3 Å². The number of hydrogen-bond donors (Lipinski definition) is 3. The number of aromatic amines is 1. The third-order valence-corrected chi connectivity index (χ3v) is 2.72. The molecule has 1 aromatic heterocycles. The molecule has 17 heavy (non-hydrogen) atoms. The lowest BCUT2D eigenvalue weighted by Crippen LogP contribution is -2.31. The van der Waals surface area contributed by atoms with E-state index in [1.807, 2.05) is 0 Å². The van der Waals surface area contributed by atoms with Crippen molar-refractivity contribution >= 4 is 5.91 Å². The van der Waals surface area contributed by atoms with Gasteiger partial charge in [0.05, 0.1) is 0 Å². The van der Waals surface area contributed by atoms with Gasteiger partial charge in [-0.15, -0.1) is 0 Å². The summed E-state index contributed by atoms with van der Waals surface area (Å²) in [5.41, 5.74) is -0.0833. The maximum atomic E-state index is 11.6. The van der Waals surface area contributed by atoms with E-state index in [1.165, 1.54) is 31.3 Å². The third-order valence-electron chi connectivity index (χ3n) is 2.72. The van der Waals surface area contributed by atoms with E-state index in [9.17, 15) is 9.59 Å². The van der Waals surface area contributed by atoms with Gasteiger partial charge in [-0.05, 0) is 25.8 Å². The molecule has 0 aliphatic heterocycles. The van der Waals surface area contributed by atoms with Crippen LogP contribution in [0.2, 0.25) is 0 Å². The highest BCUT2D eigenvalue weighted by atomic mass is 16.2. The fourth-order valence-corrected chi connectivity index (χ4v) is 1.57. The first kappa shape index (κ1) is 11.9. The van der Waals surface area contributed by atoms with E-state index >= 15 is 0 Å². The molecule has 1 aliphatic carbocycles. The van der Waals surface area contributed by atoms with Crippen molar-refractivity contribution in [3.05, 3.63) is 34.2 Å². The second-order valence-electron chi connectivity index (χ2n) is 4.26. The molecule has 0 bridgehead atoms. The van der Waals surface area contributed by atoms with Crippen LogP contribution in [0.3, 0.4) is 0 Å². The molecule has 0 radical (unpaired) electrons. The molecule has 1 amide bonds. The molecule has 3 N–H and O–H groups in total. The molecule has 1 fully saturated rings. The standard InChI is InChI=1S/C12H17N3O2/c16-11-4-7-13-8-10(11)12(17)15-6-1-5-14-9-2-3-9/h4,7-9,14H,1-3,5-6H2,(H,13,16)(H,15,17). The Kier molecular flexibility index (Phi) is 3.93. The van der Waals surface area contributed by atoms with Gasteiger partial charge in [0.2, 0.25) is 0 Å². The molecule has 1 aromatic rings. The van der Waals surface area contributed by atoms with Crippen molar-refractivity contribution in [3.63, 3.8) is 0 Å². The Morgan fingerprint density at radius 2 is 2.24 bits per heavy atom. The Morgan fingerprint density at radius 3 is 2.94 bits per heavy atom. The van der Waals surface area contributed by atoms with E-state index in [-0.39, 0.29) is 16.9 Å². The average Bonchev–Trinajstić information content (AvgIpc) is 3.13. The van der Waals surface area contributed by atoms with Gasteiger partial charge < -0.3 is 15.6 Å². The molecule has 5 heteroatoms. The summed E-state index contributed by atoms with van der Waals surface area (Å²) in [6.45, 7) is 1.50. The molecule has 5 nitrogen and oxygen atoms in total. The Balaban J connectivity index is 1.69. The van der Waals surface area contributed by atoms with Gasteiger partial charge in [0.1, 0.15) is 5.56 Å². The summed E-state index contributed by atoms with van der Waals surface area (Å²) in [5, 5.41) is 6.10. The van der Waals surface area contributed by atoms with E-state index in [1.54, 1.807) is 0 Å². The first-order valence-electron chi connectivity index (χ1n) is 5.96. The molecule has 1 aliphatic rings. The van der Waals surface area contributed by atoms with Crippen LogP contribution in [0.25, 0.3) is 0 Å². The Bertz CT molecular complexity index is 437. The minimum absolute atomic E-state index is 0.169. The smallest absolute Gasteiger partial charge is 0.256 e. The number of hydrogen-bond acceptors (Lipinski definition) is 3. The molecule has 0 atom stereocenters. The molecular formula is C12H17N3O2. The third kappa shape index (κ3) is 3.71. The zero-order chi connectivity index (χ0) is 12.1. The number of nitrogens with one attached hydrogen (secondary N) is 3. The van der Waals surface area contributed by atoms with Gasteiger partial charge in [-0.25, -0.2) is 0 Å². The molecular weight excluding hydrogens is 218 g/mol. The monoisotopic (exact) mass is 235 g/mol. The highest BCUT2D eigenvalue weighted by molar-refractivity contribution is 5.93. The quantitative estimate of drug-likeness (QED) is 0.619. The minimum atomic E-state index is -0.307. The van der Waals surface area contributed by atoms with Gasteiger partial charge in [0, 0.05) is 31.0 Å². The molecule has 2 rings (SSSR count). The van der Waals surface area contributed by atoms with Crippen LogP contribution in [0.4, 0.5) is 0 Å². The number of aromatic nitrogens is 1. The first-order chi connectivity index (χ1) is 8.27. The molecule has 0 saturated heterocycles. The molecule has 1 saturated carbocycles. The number of rotatable bonds is 6. The normalized spacial score (nSPS) is 14.6. The highest BCUT2D eigenvalue weighted by Gasteiger charge is 2.19. The summed E-state index contributed by atoms with van der Waals surface area (Å²) in [6.07, 6.45) is 6.36. The lowest BCUT2D eigenvalue weighted by molar-refractivity contribution is 0.0952. The second-order valence-corrected chi connectivity index (χ2v) is 4.26. The van der Waals surface area contributed by atoms with Crippen molar-refractivity contribution < 1.29 is 4.79 Å². The largest absolute Gasteiger partial charge is 0.367 e. The van der Waals surface area contributed by atoms with Gasteiger partial charge in [0.15, 0.2) is 5.43 Å². The number of carbonyl (C=O) groups is 1. The van der Waals surface area contributed by atoms with Crippen molar-refractivity contribution in [2.75, 3.05) is 13.1 Å². The van der Waals surface area contributed by atoms with Crippen molar-refractivity contribution in [1.82, 2.24) is 15.6 Å². The van der Waals surface area contributed by atoms with Crippen LogP contribution in [0, 0.1) is 0 Å². The zero-order valence-corrected chi connectivity index (χ0v) is 9.66. The number of amides is 1. The molecule has 1 heterocycles. The van der Waals surface area contributed by atoms with E-state index in [4.69, 9.17) is 0 Å². The van der Waals surface area contributed by atoms with Crippen LogP contribution >= 0.6 is 0 Å². The summed E-state index contributed by atoms with van der Waals surface area (Å²) < 4.78 is 0. The number of carbonyl (C=O) groups excluding carboxylic acids is 1. The lowest BCUT2D eigenvalue weighted by atomic mass is 10.2. The fourth-order valence-electron chi connectivity index (χ4n) is 1.57. The van der Waals surface area contributed by atoms with Crippen LogP contribution in [-0.4, -0.2) is 30.0 Å². The van der Waals surface area contributed by atoms with Gasteiger partial charge >= 0.3 is 0 Å². The topological polar surface area (TPSA) is 74.0 Å². The lowest BCUT2D eigenvalue weighted by Gasteiger charge is -2.05. The molecule has 92 valence electrons. The average molecular weight is 235 g/mol. The predicted octanol–water partition coefficient (Wildman–Crippen LogP) is 0.247. The van der Waals surface area contributed by atoms with Gasteiger partial charge in [-0.1, -0.05) is 0 Å². The first-order valence-corrected chi connectivity index (χ1v) is 5.96. The van der Waals surface area contributed by atoms with Crippen LogP contribution in [-0.2, 0) is 0 Å². The SMILES string of the molecule is O=C(NCCCNC1CC1)c1c[nH]ccc1=O. The van der Waals surface area contributed by atoms with Crippen LogP contribution in [0.15, 0.2) is 23.3 Å². The zero-order valence-electron chi connectivity index (χ0n) is 9.66. The molecule has 0 unspecified atom stereocenters. The number of pyridine rings is 1. The maximum Gasteiger partial charge on any atom is 0.256 e. The highest BCUT2D eigenvalue weighted by Crippen LogP contribution is 2.18. The molecule has 0 spiro atoms. The van der Waals surface area contributed by atoms with E-state index in [0.29, 0.717) is 12.6 Å². The van der Waals surface area contributed by atoms with Gasteiger partial charge in [-0.2, -0.15) is 0 Å². The number of H-pyrrole nitrogens is 1. The van der Waals surface area contributed by atoms with E-state index in [2.05, 4.69) is 15.6 Å². The van der Waals surface area contributed by atoms with Crippen molar-refractivity contribution in [1.29, 1.82) is 0 Å². The summed E-state index contributed by atoms with van der Waals surface area (Å²) in [6, 6.07) is 2.05. The summed E-state index contributed by atoms with van der Waals surface area (Å²) in [7, 11) is 0. The van der Waals surface area contributed by atoms with Gasteiger partial charge in [0.25, 0.3) is 5.91 Å². The Labute approximate surface area is 99.6 Å².